The van der Waals surface area contributed by atoms with Crippen LogP contribution in [0.15, 0.2) is 40.9 Å². The molecule has 2 aromatic carbocycles. The lowest BCUT2D eigenvalue weighted by Gasteiger charge is -2.10. The number of carbonyl (C=O) groups excluding carboxylic acids is 1. The van der Waals surface area contributed by atoms with E-state index in [-0.39, 0.29) is 10.9 Å². The van der Waals surface area contributed by atoms with Crippen LogP contribution in [0, 0.1) is 3.57 Å². The van der Waals surface area contributed by atoms with E-state index in [9.17, 15) is 4.79 Å². The van der Waals surface area contributed by atoms with Gasteiger partial charge in [0.2, 0.25) is 0 Å². The molecule has 2 rings (SSSR count). The summed E-state index contributed by atoms with van der Waals surface area (Å²) in [6, 6.07) is 10.5. The van der Waals surface area contributed by atoms with Gasteiger partial charge >= 0.3 is 0 Å². The topological polar surface area (TPSA) is 55.1 Å². The van der Waals surface area contributed by atoms with Gasteiger partial charge in [0, 0.05) is 13.6 Å². The molecule has 0 heterocycles. The van der Waals surface area contributed by atoms with Crippen LogP contribution in [0.3, 0.4) is 0 Å². The second kappa shape index (κ2) is 7.04. The third kappa shape index (κ3) is 4.15. The maximum Gasteiger partial charge on any atom is 0.256 e. The number of nitrogens with one attached hydrogen (secondary N) is 1. The van der Waals surface area contributed by atoms with Crippen molar-refractivity contribution in [2.45, 2.75) is 0 Å². The fraction of sp³-hybridized carbons (Fsp3) is 0. The molecule has 0 saturated heterocycles. The van der Waals surface area contributed by atoms with Crippen molar-refractivity contribution in [3.05, 3.63) is 60.6 Å². The van der Waals surface area contributed by atoms with Gasteiger partial charge in [0.25, 0.3) is 5.91 Å². The molecule has 2 aromatic rings. The molecule has 0 aliphatic carbocycles. The Balaban J connectivity index is 2.27. The normalized spacial score (nSPS) is 10.2. The second-order valence-corrected chi connectivity index (χ2v) is 7.08. The van der Waals surface area contributed by atoms with Gasteiger partial charge in [0.05, 0.1) is 16.3 Å². The third-order valence-electron chi connectivity index (χ3n) is 2.67. The van der Waals surface area contributed by atoms with E-state index >= 15 is 0 Å². The van der Waals surface area contributed by atoms with Gasteiger partial charge < -0.3 is 11.1 Å². The molecule has 0 radical (unpaired) electrons. The first-order valence-corrected chi connectivity index (χ1v) is 8.40. The van der Waals surface area contributed by atoms with Gasteiger partial charge in [-0.3, -0.25) is 4.79 Å². The van der Waals surface area contributed by atoms with Gasteiger partial charge in [-0.1, -0.05) is 23.8 Å². The molecule has 108 valence electrons. The highest BCUT2D eigenvalue weighted by atomic mass is 127. The monoisotopic (exact) mass is 494 g/mol. The van der Waals surface area contributed by atoms with Crippen molar-refractivity contribution in [2.75, 3.05) is 5.32 Å². The van der Waals surface area contributed by atoms with Crippen LogP contribution in [0.5, 0.6) is 0 Å². The summed E-state index contributed by atoms with van der Waals surface area (Å²) in [5.74, 6) is -0.245. The van der Waals surface area contributed by atoms with Crippen molar-refractivity contribution in [3.8, 4) is 0 Å². The molecule has 0 spiro atoms. The molecule has 21 heavy (non-hydrogen) atoms. The number of hydrogen-bond acceptors (Lipinski definition) is 2. The molecule has 3 N–H and O–H groups in total. The highest BCUT2D eigenvalue weighted by Crippen LogP contribution is 2.25. The summed E-state index contributed by atoms with van der Waals surface area (Å²) in [7, 11) is 0. The van der Waals surface area contributed by atoms with E-state index in [4.69, 9.17) is 29.6 Å². The van der Waals surface area contributed by atoms with Crippen molar-refractivity contribution in [1.29, 1.82) is 0 Å². The number of halogens is 3. The number of rotatable bonds is 3. The Hall–Kier alpha value is -0.700. The lowest BCUT2D eigenvalue weighted by molar-refractivity contribution is 0.102. The molecule has 1 amide bonds. The molecule has 0 saturated carbocycles. The zero-order chi connectivity index (χ0) is 15.6. The summed E-state index contributed by atoms with van der Waals surface area (Å²) in [6.45, 7) is 0. The van der Waals surface area contributed by atoms with E-state index in [0.29, 0.717) is 21.8 Å². The number of anilines is 1. The molecular formula is C14H9BrClIN2OS. The van der Waals surface area contributed by atoms with E-state index in [2.05, 4.69) is 43.8 Å². The number of amides is 1. The van der Waals surface area contributed by atoms with Crippen LogP contribution in [0.4, 0.5) is 5.69 Å². The standard InChI is InChI=1S/C14H9BrClIN2OS/c15-10-3-2-8(17)6-9(10)14(20)19-12-4-1-7(13(18)21)5-11(12)16/h1-6H,(H2,18,21)(H,19,20). The molecule has 0 unspecified atom stereocenters. The predicted molar refractivity (Wildman–Crippen MR) is 102 cm³/mol. The van der Waals surface area contributed by atoms with Gasteiger partial charge in [-0.25, -0.2) is 0 Å². The Morgan fingerprint density at radius 3 is 2.62 bits per heavy atom. The van der Waals surface area contributed by atoms with Crippen LogP contribution in [0.2, 0.25) is 5.02 Å². The van der Waals surface area contributed by atoms with E-state index in [1.807, 2.05) is 12.1 Å². The van der Waals surface area contributed by atoms with Gasteiger partial charge in [0.15, 0.2) is 0 Å². The van der Waals surface area contributed by atoms with Crippen LogP contribution >= 0.6 is 62.3 Å². The van der Waals surface area contributed by atoms with Crippen molar-refractivity contribution in [3.63, 3.8) is 0 Å². The minimum atomic E-state index is -0.245. The molecule has 0 bridgehead atoms. The number of benzene rings is 2. The van der Waals surface area contributed by atoms with E-state index in [0.717, 1.165) is 8.04 Å². The van der Waals surface area contributed by atoms with Crippen LogP contribution < -0.4 is 11.1 Å². The highest BCUT2D eigenvalue weighted by molar-refractivity contribution is 14.1. The smallest absolute Gasteiger partial charge is 0.256 e. The molecule has 0 atom stereocenters. The summed E-state index contributed by atoms with van der Waals surface area (Å²) in [5.41, 5.74) is 7.24. The summed E-state index contributed by atoms with van der Waals surface area (Å²) >= 11 is 16.5. The lowest BCUT2D eigenvalue weighted by Crippen LogP contribution is -2.14. The fourth-order valence-electron chi connectivity index (χ4n) is 1.63. The zero-order valence-electron chi connectivity index (χ0n) is 10.5. The van der Waals surface area contributed by atoms with Crippen LogP contribution in [-0.4, -0.2) is 10.9 Å². The van der Waals surface area contributed by atoms with Crippen molar-refractivity contribution in [2.24, 2.45) is 5.73 Å². The molecule has 0 fully saturated rings. The summed E-state index contributed by atoms with van der Waals surface area (Å²) in [6.07, 6.45) is 0. The largest absolute Gasteiger partial charge is 0.389 e. The Labute approximate surface area is 154 Å². The lowest BCUT2D eigenvalue weighted by atomic mass is 10.2. The average molecular weight is 496 g/mol. The first-order valence-electron chi connectivity index (χ1n) is 5.74. The summed E-state index contributed by atoms with van der Waals surface area (Å²) in [5, 5.41) is 3.16. The average Bonchev–Trinajstić information content (AvgIpc) is 2.43. The van der Waals surface area contributed by atoms with Crippen LogP contribution in [-0.2, 0) is 0 Å². The van der Waals surface area contributed by atoms with Gasteiger partial charge in [-0.15, -0.1) is 0 Å². The number of hydrogen-bond donors (Lipinski definition) is 2. The molecule has 0 aromatic heterocycles. The van der Waals surface area contributed by atoms with Gasteiger partial charge in [-0.2, -0.15) is 0 Å². The number of nitrogens with two attached hydrogens (primary N) is 1. The van der Waals surface area contributed by atoms with E-state index < -0.39 is 0 Å². The van der Waals surface area contributed by atoms with Crippen molar-refractivity contribution < 1.29 is 4.79 Å². The van der Waals surface area contributed by atoms with Crippen LogP contribution in [0.25, 0.3) is 0 Å². The minimum absolute atomic E-state index is 0.245. The third-order valence-corrected chi connectivity index (χ3v) is 4.59. The number of carbonyl (C=O) groups is 1. The first kappa shape index (κ1) is 16.7. The Bertz CT molecular complexity index is 739. The minimum Gasteiger partial charge on any atom is -0.389 e. The Kier molecular flexibility index (Phi) is 5.59. The van der Waals surface area contributed by atoms with Gasteiger partial charge in [0.1, 0.15) is 4.99 Å². The Morgan fingerprint density at radius 1 is 1.29 bits per heavy atom. The van der Waals surface area contributed by atoms with Crippen molar-refractivity contribution in [1.82, 2.24) is 0 Å². The highest BCUT2D eigenvalue weighted by Gasteiger charge is 2.13. The van der Waals surface area contributed by atoms with Crippen LogP contribution in [0.1, 0.15) is 15.9 Å². The molecule has 0 aliphatic heterocycles. The molecular weight excluding hydrogens is 486 g/mol. The first-order chi connectivity index (χ1) is 9.88. The SMILES string of the molecule is NC(=S)c1ccc(NC(=O)c2cc(I)ccc2Br)c(Cl)c1. The maximum absolute atomic E-state index is 12.3. The molecule has 7 heteroatoms. The fourth-order valence-corrected chi connectivity index (χ4v) is 2.90. The van der Waals surface area contributed by atoms with Gasteiger partial charge in [-0.05, 0) is 74.9 Å². The summed E-state index contributed by atoms with van der Waals surface area (Å²) in [4.78, 5) is 12.6. The molecule has 0 aliphatic rings. The second-order valence-electron chi connectivity index (χ2n) is 4.14. The predicted octanol–water partition coefficient (Wildman–Crippen LogP) is 4.59. The van der Waals surface area contributed by atoms with E-state index in [1.54, 1.807) is 24.3 Å². The molecule has 3 nitrogen and oxygen atoms in total. The quantitative estimate of drug-likeness (QED) is 0.484. The zero-order valence-corrected chi connectivity index (χ0v) is 15.8. The number of thiocarbonyl (C=S) groups is 1. The van der Waals surface area contributed by atoms with E-state index in [1.165, 1.54) is 0 Å². The summed E-state index contributed by atoms with van der Waals surface area (Å²) < 4.78 is 1.69. The maximum atomic E-state index is 12.3. The Morgan fingerprint density at radius 2 is 2.00 bits per heavy atom. The van der Waals surface area contributed by atoms with Crippen molar-refractivity contribution >= 4 is 78.9 Å².